The van der Waals surface area contributed by atoms with E-state index >= 15 is 0 Å². The maximum Gasteiger partial charge on any atom is 0.300 e. The molecule has 2 heterocycles. The van der Waals surface area contributed by atoms with Crippen molar-refractivity contribution in [2.75, 3.05) is 11.5 Å². The molecule has 0 bridgehead atoms. The van der Waals surface area contributed by atoms with Crippen LogP contribution in [0.4, 0.5) is 10.1 Å². The number of nitrogens with zero attached hydrogens (tertiary/aromatic N) is 2. The van der Waals surface area contributed by atoms with E-state index in [1.54, 1.807) is 36.4 Å². The highest BCUT2D eigenvalue weighted by atomic mass is 19.1. The third-order valence-corrected chi connectivity index (χ3v) is 5.41. The quantitative estimate of drug-likeness (QED) is 0.329. The van der Waals surface area contributed by atoms with Crippen LogP contribution in [0.2, 0.25) is 0 Å². The predicted octanol–water partition coefficient (Wildman–Crippen LogP) is 4.94. The number of carbonyl (C=O) groups excluding carboxylic acids is 2. The molecule has 2 aromatic carbocycles. The average Bonchev–Trinajstić information content (AvgIpc) is 3.09. The maximum atomic E-state index is 14.0. The number of Topliss-reactive ketones (excluding diaryl/α,β-unsaturated/α-hetero) is 1. The van der Waals surface area contributed by atoms with Crippen molar-refractivity contribution in [3.05, 3.63) is 95.1 Å². The Labute approximate surface area is 191 Å². The van der Waals surface area contributed by atoms with Gasteiger partial charge in [-0.15, -0.1) is 0 Å². The smallest absolute Gasteiger partial charge is 0.300 e. The Hall–Kier alpha value is -4.00. The fraction of sp³-hybridized carbons (Fsp3) is 0.192. The molecule has 1 N–H and O–H groups in total. The fourth-order valence-corrected chi connectivity index (χ4v) is 3.87. The lowest BCUT2D eigenvalue weighted by atomic mass is 9.97. The number of anilines is 1. The summed E-state index contributed by atoms with van der Waals surface area (Å²) in [5.41, 5.74) is 1.62. The molecule has 7 heteroatoms. The largest absolute Gasteiger partial charge is 0.507 e. The minimum Gasteiger partial charge on any atom is -0.507 e. The number of amides is 1. The van der Waals surface area contributed by atoms with Gasteiger partial charge in [0.05, 0.1) is 17.9 Å². The van der Waals surface area contributed by atoms with Gasteiger partial charge in [-0.2, -0.15) is 0 Å². The van der Waals surface area contributed by atoms with E-state index in [2.05, 4.69) is 4.98 Å². The normalized spacial score (nSPS) is 17.4. The molecule has 3 aromatic rings. The average molecular weight is 446 g/mol. The van der Waals surface area contributed by atoms with Gasteiger partial charge in [0, 0.05) is 17.4 Å². The van der Waals surface area contributed by atoms with Gasteiger partial charge < -0.3 is 9.84 Å². The molecule has 0 spiro atoms. The summed E-state index contributed by atoms with van der Waals surface area (Å²) in [6.45, 7) is 4.40. The first-order chi connectivity index (χ1) is 15.9. The Morgan fingerprint density at radius 3 is 2.61 bits per heavy atom. The number of hydrogen-bond acceptors (Lipinski definition) is 5. The molecule has 4 rings (SSSR count). The van der Waals surface area contributed by atoms with Gasteiger partial charge >= 0.3 is 0 Å². The van der Waals surface area contributed by atoms with Gasteiger partial charge in [-0.05, 0) is 67.4 Å². The van der Waals surface area contributed by atoms with Crippen molar-refractivity contribution >= 4 is 23.1 Å². The van der Waals surface area contributed by atoms with Crippen molar-refractivity contribution in [3.8, 4) is 5.75 Å². The lowest BCUT2D eigenvalue weighted by Gasteiger charge is -2.24. The van der Waals surface area contributed by atoms with Gasteiger partial charge in [-0.3, -0.25) is 19.5 Å². The molecule has 0 aliphatic carbocycles. The van der Waals surface area contributed by atoms with Gasteiger partial charge in [0.1, 0.15) is 23.4 Å². The number of pyridine rings is 1. The van der Waals surface area contributed by atoms with E-state index < -0.39 is 23.5 Å². The van der Waals surface area contributed by atoms with Crippen molar-refractivity contribution in [3.63, 3.8) is 0 Å². The number of aromatic nitrogens is 1. The van der Waals surface area contributed by atoms with Crippen molar-refractivity contribution in [1.29, 1.82) is 0 Å². The zero-order valence-electron chi connectivity index (χ0n) is 18.3. The van der Waals surface area contributed by atoms with Crippen LogP contribution in [0, 0.1) is 12.7 Å². The van der Waals surface area contributed by atoms with E-state index in [0.717, 1.165) is 12.0 Å². The lowest BCUT2D eigenvalue weighted by molar-refractivity contribution is -0.132. The summed E-state index contributed by atoms with van der Waals surface area (Å²) < 4.78 is 19.6. The maximum absolute atomic E-state index is 14.0. The lowest BCUT2D eigenvalue weighted by Crippen LogP contribution is -2.29. The van der Waals surface area contributed by atoms with Crippen LogP contribution < -0.4 is 9.64 Å². The summed E-state index contributed by atoms with van der Waals surface area (Å²) in [7, 11) is 0. The number of aryl methyl sites for hydroxylation is 1. The van der Waals surface area contributed by atoms with Gasteiger partial charge in [0.15, 0.2) is 0 Å². The fourth-order valence-electron chi connectivity index (χ4n) is 3.87. The van der Waals surface area contributed by atoms with Crippen molar-refractivity contribution < 1.29 is 23.8 Å². The summed E-state index contributed by atoms with van der Waals surface area (Å²) in [5.74, 6) is -1.93. The molecule has 6 nitrogen and oxygen atoms in total. The minimum atomic E-state index is -1.01. The highest BCUT2D eigenvalue weighted by Gasteiger charge is 2.47. The predicted molar refractivity (Wildman–Crippen MR) is 122 cm³/mol. The SMILES string of the molecule is CCCOc1ccc(/C(O)=C2\C(=O)C(=O)N(c3cccc(F)c3)C2c2ccccn2)cc1C. The topological polar surface area (TPSA) is 79.7 Å². The highest BCUT2D eigenvalue weighted by Crippen LogP contribution is 2.41. The molecular formula is C26H23FN2O4. The number of hydrogen-bond donors (Lipinski definition) is 1. The molecule has 1 aliphatic heterocycles. The molecule has 168 valence electrons. The molecule has 1 fully saturated rings. The molecule has 1 saturated heterocycles. The third kappa shape index (κ3) is 4.22. The molecule has 1 atom stereocenters. The van der Waals surface area contributed by atoms with Gasteiger partial charge in [0.2, 0.25) is 0 Å². The summed E-state index contributed by atoms with van der Waals surface area (Å²) in [6.07, 6.45) is 2.39. The molecule has 33 heavy (non-hydrogen) atoms. The number of halogens is 1. The first-order valence-electron chi connectivity index (χ1n) is 10.6. The molecule has 0 saturated carbocycles. The van der Waals surface area contributed by atoms with Gasteiger partial charge in [-0.1, -0.05) is 19.1 Å². The zero-order chi connectivity index (χ0) is 23.5. The van der Waals surface area contributed by atoms with Crippen LogP contribution >= 0.6 is 0 Å². The number of aliphatic hydroxyl groups is 1. The van der Waals surface area contributed by atoms with E-state index in [9.17, 15) is 19.1 Å². The molecule has 1 aromatic heterocycles. The Morgan fingerprint density at radius 1 is 1.12 bits per heavy atom. The second-order valence-electron chi connectivity index (χ2n) is 7.73. The number of ketones is 1. The highest BCUT2D eigenvalue weighted by molar-refractivity contribution is 6.51. The number of carbonyl (C=O) groups is 2. The number of ether oxygens (including phenoxy) is 1. The van der Waals surface area contributed by atoms with Crippen molar-refractivity contribution in [2.24, 2.45) is 0 Å². The third-order valence-electron chi connectivity index (χ3n) is 5.41. The van der Waals surface area contributed by atoms with Crippen LogP contribution in [0.1, 0.15) is 36.2 Å². The minimum absolute atomic E-state index is 0.107. The van der Waals surface area contributed by atoms with Crippen LogP contribution in [0.15, 0.2) is 72.4 Å². The molecular weight excluding hydrogens is 423 g/mol. The van der Waals surface area contributed by atoms with Crippen LogP contribution in [0.5, 0.6) is 5.75 Å². The number of rotatable bonds is 6. The second-order valence-corrected chi connectivity index (χ2v) is 7.73. The first kappa shape index (κ1) is 22.2. The Balaban J connectivity index is 1.87. The van der Waals surface area contributed by atoms with Crippen LogP contribution in [0.3, 0.4) is 0 Å². The molecule has 1 unspecified atom stereocenters. The van der Waals surface area contributed by atoms with E-state index in [1.165, 1.54) is 35.4 Å². The Bertz CT molecular complexity index is 1240. The molecule has 0 radical (unpaired) electrons. The Kier molecular flexibility index (Phi) is 6.22. The first-order valence-corrected chi connectivity index (χ1v) is 10.6. The molecule has 1 aliphatic rings. The van der Waals surface area contributed by atoms with E-state index in [-0.39, 0.29) is 17.0 Å². The van der Waals surface area contributed by atoms with E-state index in [0.29, 0.717) is 23.6 Å². The monoisotopic (exact) mass is 446 g/mol. The van der Waals surface area contributed by atoms with E-state index in [1.807, 2.05) is 13.8 Å². The summed E-state index contributed by atoms with van der Waals surface area (Å²) in [5, 5.41) is 11.2. The van der Waals surface area contributed by atoms with Crippen molar-refractivity contribution in [1.82, 2.24) is 4.98 Å². The van der Waals surface area contributed by atoms with Crippen LogP contribution in [-0.4, -0.2) is 28.4 Å². The van der Waals surface area contributed by atoms with E-state index in [4.69, 9.17) is 4.74 Å². The number of benzene rings is 2. The molecule has 1 amide bonds. The van der Waals surface area contributed by atoms with Crippen LogP contribution in [0.25, 0.3) is 5.76 Å². The van der Waals surface area contributed by atoms with Gasteiger partial charge in [0.25, 0.3) is 11.7 Å². The second kappa shape index (κ2) is 9.24. The summed E-state index contributed by atoms with van der Waals surface area (Å²) in [4.78, 5) is 31.6. The standard InChI is InChI=1S/C26H23FN2O4/c1-3-13-33-21-11-10-17(14-16(21)2)24(30)22-23(20-9-4-5-12-28-20)29(26(32)25(22)31)19-8-6-7-18(27)15-19/h4-12,14-15,23,30H,3,13H2,1-2H3/b24-22+. The Morgan fingerprint density at radius 2 is 1.94 bits per heavy atom. The van der Waals surface area contributed by atoms with Crippen LogP contribution in [-0.2, 0) is 9.59 Å². The summed E-state index contributed by atoms with van der Waals surface area (Å²) >= 11 is 0. The summed E-state index contributed by atoms with van der Waals surface area (Å²) in [6, 6.07) is 14.5. The zero-order valence-corrected chi connectivity index (χ0v) is 18.3. The van der Waals surface area contributed by atoms with Crippen molar-refractivity contribution in [2.45, 2.75) is 26.3 Å². The van der Waals surface area contributed by atoms with Gasteiger partial charge in [-0.25, -0.2) is 4.39 Å². The number of aliphatic hydroxyl groups excluding tert-OH is 1.